The summed E-state index contributed by atoms with van der Waals surface area (Å²) < 4.78 is 0. The molecule has 7 aromatic carbocycles. The van der Waals surface area contributed by atoms with E-state index in [1.165, 1.54) is 38.9 Å². The summed E-state index contributed by atoms with van der Waals surface area (Å²) in [5.41, 5.74) is 15.4. The second-order valence-corrected chi connectivity index (χ2v) is 14.3. The fourth-order valence-electron chi connectivity index (χ4n) is 8.42. The molecular formula is C52H36N4. The summed E-state index contributed by atoms with van der Waals surface area (Å²) in [6.45, 7) is 2.11. The van der Waals surface area contributed by atoms with E-state index in [1.54, 1.807) is 0 Å². The molecule has 0 radical (unpaired) electrons. The Morgan fingerprint density at radius 2 is 0.821 bits per heavy atom. The van der Waals surface area contributed by atoms with Crippen molar-refractivity contribution in [2.45, 2.75) is 12.3 Å². The molecule has 0 aliphatic heterocycles. The standard InChI is InChI=1S/C52H36N4/c1-35-34-53-31-30-44(35)37-28-26-36(27-29-37)40-18-12-20-42(32-40)52(47-24-10-8-22-45(47)46-23-9-11-25-48(46)52)43-21-13-19-41(33-43)51-55-49(38-14-4-2-5-15-38)54-50(56-51)39-16-6-3-7-17-39/h2-34H,1H3. The lowest BCUT2D eigenvalue weighted by molar-refractivity contribution is 0.769. The van der Waals surface area contributed by atoms with E-state index < -0.39 is 5.41 Å². The number of nitrogens with zero attached hydrogens (tertiary/aromatic N) is 4. The molecule has 0 bridgehead atoms. The SMILES string of the molecule is Cc1cnccc1-c1ccc(-c2cccc(C3(c4cccc(-c5nc(-c6ccccc6)nc(-c6ccccc6)n5)c4)c4ccccc4-c4ccccc43)c2)cc1. The number of aryl methyl sites for hydroxylation is 1. The molecule has 56 heavy (non-hydrogen) atoms. The van der Waals surface area contributed by atoms with Gasteiger partial charge in [0.05, 0.1) is 5.41 Å². The second kappa shape index (κ2) is 13.8. The van der Waals surface area contributed by atoms with Crippen LogP contribution >= 0.6 is 0 Å². The van der Waals surface area contributed by atoms with E-state index in [2.05, 4.69) is 139 Å². The summed E-state index contributed by atoms with van der Waals surface area (Å²) in [5, 5.41) is 0. The summed E-state index contributed by atoms with van der Waals surface area (Å²) in [6, 6.07) is 66.9. The maximum absolute atomic E-state index is 5.11. The second-order valence-electron chi connectivity index (χ2n) is 14.3. The number of benzene rings is 7. The van der Waals surface area contributed by atoms with Crippen molar-refractivity contribution in [3.05, 3.63) is 228 Å². The minimum atomic E-state index is -0.606. The zero-order valence-electron chi connectivity index (χ0n) is 30.8. The molecule has 2 aromatic heterocycles. The number of fused-ring (bicyclic) bond motifs is 3. The zero-order valence-corrected chi connectivity index (χ0v) is 30.8. The average molecular weight is 717 g/mol. The first-order chi connectivity index (χ1) is 27.7. The van der Waals surface area contributed by atoms with Gasteiger partial charge in [0, 0.05) is 29.1 Å². The highest BCUT2D eigenvalue weighted by Gasteiger charge is 2.46. The molecule has 4 heteroatoms. The van der Waals surface area contributed by atoms with E-state index in [9.17, 15) is 0 Å². The quantitative estimate of drug-likeness (QED) is 0.165. The van der Waals surface area contributed by atoms with E-state index in [-0.39, 0.29) is 0 Å². The molecule has 4 nitrogen and oxygen atoms in total. The van der Waals surface area contributed by atoms with E-state index in [0.717, 1.165) is 38.9 Å². The van der Waals surface area contributed by atoms with Gasteiger partial charge in [-0.2, -0.15) is 0 Å². The molecule has 2 heterocycles. The van der Waals surface area contributed by atoms with Gasteiger partial charge in [0.25, 0.3) is 0 Å². The molecule has 0 unspecified atom stereocenters. The van der Waals surface area contributed by atoms with Crippen LogP contribution in [0.25, 0.3) is 67.5 Å². The van der Waals surface area contributed by atoms with Crippen molar-refractivity contribution >= 4 is 0 Å². The van der Waals surface area contributed by atoms with Crippen LogP contribution < -0.4 is 0 Å². The zero-order chi connectivity index (χ0) is 37.5. The molecule has 1 aliphatic carbocycles. The van der Waals surface area contributed by atoms with Crippen LogP contribution in [0, 0.1) is 6.92 Å². The number of aromatic nitrogens is 4. The Hall–Kier alpha value is -7.30. The summed E-state index contributed by atoms with van der Waals surface area (Å²) >= 11 is 0. The summed E-state index contributed by atoms with van der Waals surface area (Å²) in [6.07, 6.45) is 3.78. The van der Waals surface area contributed by atoms with Crippen LogP contribution in [0.5, 0.6) is 0 Å². The molecule has 0 amide bonds. The molecule has 0 fully saturated rings. The Bertz CT molecular complexity index is 2760. The highest BCUT2D eigenvalue weighted by molar-refractivity contribution is 5.87. The van der Waals surface area contributed by atoms with Gasteiger partial charge in [-0.15, -0.1) is 0 Å². The first kappa shape index (κ1) is 33.3. The van der Waals surface area contributed by atoms with Crippen molar-refractivity contribution in [3.8, 4) is 67.5 Å². The lowest BCUT2D eigenvalue weighted by Gasteiger charge is -2.34. The molecule has 0 saturated carbocycles. The number of pyridine rings is 1. The lowest BCUT2D eigenvalue weighted by Crippen LogP contribution is -2.28. The van der Waals surface area contributed by atoms with Crippen LogP contribution in [-0.4, -0.2) is 19.9 Å². The van der Waals surface area contributed by atoms with Crippen LogP contribution in [-0.2, 0) is 5.41 Å². The van der Waals surface area contributed by atoms with E-state index in [0.29, 0.717) is 17.5 Å². The first-order valence-electron chi connectivity index (χ1n) is 19.0. The van der Waals surface area contributed by atoms with Gasteiger partial charge in [-0.1, -0.05) is 170 Å². The molecule has 0 spiro atoms. The third kappa shape index (κ3) is 5.62. The minimum absolute atomic E-state index is 0.606. The molecule has 264 valence electrons. The highest BCUT2D eigenvalue weighted by atomic mass is 15.0. The summed E-state index contributed by atoms with van der Waals surface area (Å²) in [7, 11) is 0. The Balaban J connectivity index is 1.17. The van der Waals surface area contributed by atoms with Gasteiger partial charge in [0.2, 0.25) is 0 Å². The predicted octanol–water partition coefficient (Wildman–Crippen LogP) is 12.3. The fraction of sp³-hybridized carbons (Fsp3) is 0.0385. The van der Waals surface area contributed by atoms with Crippen LogP contribution in [0.3, 0.4) is 0 Å². The number of rotatable bonds is 7. The molecule has 0 atom stereocenters. The molecule has 0 N–H and O–H groups in total. The summed E-state index contributed by atoms with van der Waals surface area (Å²) in [5.74, 6) is 1.92. The largest absolute Gasteiger partial charge is 0.264 e. The van der Waals surface area contributed by atoms with E-state index in [1.807, 2.05) is 73.1 Å². The molecule has 9 aromatic rings. The van der Waals surface area contributed by atoms with Crippen LogP contribution in [0.4, 0.5) is 0 Å². The number of hydrogen-bond donors (Lipinski definition) is 0. The van der Waals surface area contributed by atoms with Crippen LogP contribution in [0.2, 0.25) is 0 Å². The predicted molar refractivity (Wildman–Crippen MR) is 227 cm³/mol. The van der Waals surface area contributed by atoms with E-state index in [4.69, 9.17) is 15.0 Å². The van der Waals surface area contributed by atoms with Crippen molar-refractivity contribution in [2.75, 3.05) is 0 Å². The summed E-state index contributed by atoms with van der Waals surface area (Å²) in [4.78, 5) is 19.5. The monoisotopic (exact) mass is 716 g/mol. The third-order valence-electron chi connectivity index (χ3n) is 11.1. The van der Waals surface area contributed by atoms with Gasteiger partial charge in [0.1, 0.15) is 0 Å². The van der Waals surface area contributed by atoms with E-state index >= 15 is 0 Å². The maximum atomic E-state index is 5.11. The van der Waals surface area contributed by atoms with Crippen molar-refractivity contribution in [1.29, 1.82) is 0 Å². The minimum Gasteiger partial charge on any atom is -0.264 e. The molecular weight excluding hydrogens is 681 g/mol. The Morgan fingerprint density at radius 3 is 1.39 bits per heavy atom. The topological polar surface area (TPSA) is 51.6 Å². The van der Waals surface area contributed by atoms with Gasteiger partial charge in [-0.05, 0) is 86.3 Å². The highest BCUT2D eigenvalue weighted by Crippen LogP contribution is 2.56. The fourth-order valence-corrected chi connectivity index (χ4v) is 8.42. The van der Waals surface area contributed by atoms with Gasteiger partial charge >= 0.3 is 0 Å². The Kier molecular flexibility index (Phi) is 8.23. The van der Waals surface area contributed by atoms with Crippen molar-refractivity contribution in [2.24, 2.45) is 0 Å². The Labute approximate surface area is 326 Å². The van der Waals surface area contributed by atoms with Gasteiger partial charge in [0.15, 0.2) is 17.5 Å². The Morgan fingerprint density at radius 1 is 0.357 bits per heavy atom. The van der Waals surface area contributed by atoms with Gasteiger partial charge < -0.3 is 0 Å². The van der Waals surface area contributed by atoms with Crippen molar-refractivity contribution < 1.29 is 0 Å². The lowest BCUT2D eigenvalue weighted by atomic mass is 9.67. The molecule has 10 rings (SSSR count). The molecule has 1 aliphatic rings. The van der Waals surface area contributed by atoms with Gasteiger partial charge in [-0.25, -0.2) is 15.0 Å². The van der Waals surface area contributed by atoms with Crippen molar-refractivity contribution in [3.63, 3.8) is 0 Å². The van der Waals surface area contributed by atoms with Crippen LogP contribution in [0.15, 0.2) is 200 Å². The molecule has 0 saturated heterocycles. The van der Waals surface area contributed by atoms with Gasteiger partial charge in [-0.3, -0.25) is 4.98 Å². The smallest absolute Gasteiger partial charge is 0.164 e. The van der Waals surface area contributed by atoms with Crippen molar-refractivity contribution in [1.82, 2.24) is 19.9 Å². The maximum Gasteiger partial charge on any atom is 0.164 e. The third-order valence-corrected chi connectivity index (χ3v) is 11.1. The normalized spacial score (nSPS) is 12.5. The number of hydrogen-bond acceptors (Lipinski definition) is 4. The first-order valence-corrected chi connectivity index (χ1v) is 19.0. The average Bonchev–Trinajstić information content (AvgIpc) is 3.58. The van der Waals surface area contributed by atoms with Crippen LogP contribution in [0.1, 0.15) is 27.8 Å².